The summed E-state index contributed by atoms with van der Waals surface area (Å²) >= 11 is 1.64. The van der Waals surface area contributed by atoms with Crippen molar-refractivity contribution in [2.75, 3.05) is 5.32 Å². The van der Waals surface area contributed by atoms with E-state index in [4.69, 9.17) is 0 Å². The van der Waals surface area contributed by atoms with Crippen LogP contribution in [0.1, 0.15) is 39.2 Å². The number of para-hydroxylation sites is 1. The van der Waals surface area contributed by atoms with E-state index in [0.717, 1.165) is 5.69 Å². The summed E-state index contributed by atoms with van der Waals surface area (Å²) in [5.41, 5.74) is 2.22. The van der Waals surface area contributed by atoms with Crippen LogP contribution in [0.15, 0.2) is 23.1 Å². The zero-order valence-electron chi connectivity index (χ0n) is 10.1. The Labute approximate surface area is 101 Å². The van der Waals surface area contributed by atoms with Crippen molar-refractivity contribution in [3.8, 4) is 0 Å². The van der Waals surface area contributed by atoms with Gasteiger partial charge in [-0.3, -0.25) is 4.79 Å². The second-order valence-electron chi connectivity index (χ2n) is 4.94. The Balaban J connectivity index is 2.51. The van der Waals surface area contributed by atoms with E-state index < -0.39 is 0 Å². The van der Waals surface area contributed by atoms with Gasteiger partial charge in [-0.25, -0.2) is 0 Å². The molecule has 1 aromatic carbocycles. The molecule has 0 fully saturated rings. The third-order valence-electron chi connectivity index (χ3n) is 2.83. The third-order valence-corrected chi connectivity index (χ3v) is 4.09. The highest BCUT2D eigenvalue weighted by molar-refractivity contribution is 8.01. The minimum Gasteiger partial charge on any atom is -0.324 e. The average molecular weight is 235 g/mol. The third kappa shape index (κ3) is 1.84. The van der Waals surface area contributed by atoms with Crippen LogP contribution in [0.5, 0.6) is 0 Å². The molecule has 1 aromatic rings. The Morgan fingerprint density at radius 2 is 2.00 bits per heavy atom. The lowest BCUT2D eigenvalue weighted by Crippen LogP contribution is -2.37. The van der Waals surface area contributed by atoms with Crippen molar-refractivity contribution in [3.63, 3.8) is 0 Å². The van der Waals surface area contributed by atoms with Crippen molar-refractivity contribution >= 4 is 23.4 Å². The van der Waals surface area contributed by atoms with E-state index >= 15 is 0 Å². The number of carbonyl (C=O) groups is 1. The van der Waals surface area contributed by atoms with E-state index in [1.165, 1.54) is 10.5 Å². The van der Waals surface area contributed by atoms with E-state index in [1.807, 2.05) is 13.8 Å². The lowest BCUT2D eigenvalue weighted by atomic mass is 10.0. The minimum absolute atomic E-state index is 0.0955. The standard InChI is InChI=1S/C13H17NOS/c1-8(2)9-6-5-7-10-11(9)14-12(15)13(3,4)16-10/h5-8H,1-4H3,(H,14,15). The first-order valence-electron chi connectivity index (χ1n) is 5.55. The van der Waals surface area contributed by atoms with Crippen LogP contribution >= 0.6 is 11.8 Å². The summed E-state index contributed by atoms with van der Waals surface area (Å²) in [5.74, 6) is 0.523. The number of thioether (sulfide) groups is 1. The van der Waals surface area contributed by atoms with Gasteiger partial charge in [0.15, 0.2) is 0 Å². The minimum atomic E-state index is -0.372. The van der Waals surface area contributed by atoms with Crippen LogP contribution in [0.25, 0.3) is 0 Å². The van der Waals surface area contributed by atoms with Gasteiger partial charge in [0.25, 0.3) is 0 Å². The van der Waals surface area contributed by atoms with Crippen LogP contribution in [0.2, 0.25) is 0 Å². The average Bonchev–Trinajstić information content (AvgIpc) is 2.18. The van der Waals surface area contributed by atoms with Gasteiger partial charge in [0.2, 0.25) is 5.91 Å². The molecular weight excluding hydrogens is 218 g/mol. The zero-order valence-corrected chi connectivity index (χ0v) is 10.9. The summed E-state index contributed by atoms with van der Waals surface area (Å²) in [6.07, 6.45) is 0. The van der Waals surface area contributed by atoms with Gasteiger partial charge in [0.05, 0.1) is 10.4 Å². The van der Waals surface area contributed by atoms with Gasteiger partial charge < -0.3 is 5.32 Å². The monoisotopic (exact) mass is 235 g/mol. The number of hydrogen-bond donors (Lipinski definition) is 1. The van der Waals surface area contributed by atoms with Crippen LogP contribution < -0.4 is 5.32 Å². The van der Waals surface area contributed by atoms with Crippen molar-refractivity contribution in [3.05, 3.63) is 23.8 Å². The summed E-state index contributed by atoms with van der Waals surface area (Å²) in [5, 5.41) is 3.04. The molecule has 0 radical (unpaired) electrons. The summed E-state index contributed by atoms with van der Waals surface area (Å²) in [7, 11) is 0. The number of hydrogen-bond acceptors (Lipinski definition) is 2. The maximum absolute atomic E-state index is 11.9. The number of carbonyl (C=O) groups excluding carboxylic acids is 1. The number of fused-ring (bicyclic) bond motifs is 1. The maximum Gasteiger partial charge on any atom is 0.240 e. The van der Waals surface area contributed by atoms with Gasteiger partial charge >= 0.3 is 0 Å². The fourth-order valence-electron chi connectivity index (χ4n) is 1.83. The van der Waals surface area contributed by atoms with Crippen LogP contribution in [0.3, 0.4) is 0 Å². The Morgan fingerprint density at radius 1 is 1.31 bits per heavy atom. The van der Waals surface area contributed by atoms with Crippen LogP contribution in [0, 0.1) is 0 Å². The molecule has 1 heterocycles. The smallest absolute Gasteiger partial charge is 0.240 e. The van der Waals surface area contributed by atoms with E-state index in [1.54, 1.807) is 11.8 Å². The molecule has 16 heavy (non-hydrogen) atoms. The normalized spacial score (nSPS) is 18.2. The molecule has 0 bridgehead atoms. The largest absolute Gasteiger partial charge is 0.324 e. The summed E-state index contributed by atoms with van der Waals surface area (Å²) in [6.45, 7) is 8.20. The van der Waals surface area contributed by atoms with Gasteiger partial charge in [-0.15, -0.1) is 11.8 Å². The second-order valence-corrected chi connectivity index (χ2v) is 6.61. The molecular formula is C13H17NOS. The van der Waals surface area contributed by atoms with E-state index in [2.05, 4.69) is 37.4 Å². The van der Waals surface area contributed by atoms with Crippen molar-refractivity contribution in [2.45, 2.75) is 43.3 Å². The lowest BCUT2D eigenvalue weighted by Gasteiger charge is -2.31. The molecule has 1 amide bonds. The zero-order chi connectivity index (χ0) is 11.9. The predicted molar refractivity (Wildman–Crippen MR) is 69.1 cm³/mol. The quantitative estimate of drug-likeness (QED) is 0.805. The summed E-state index contributed by atoms with van der Waals surface area (Å²) < 4.78 is -0.372. The molecule has 0 saturated carbocycles. The topological polar surface area (TPSA) is 29.1 Å². The number of amides is 1. The fourth-order valence-corrected chi connectivity index (χ4v) is 2.94. The Hall–Kier alpha value is -0.960. The number of anilines is 1. The highest BCUT2D eigenvalue weighted by Crippen LogP contribution is 2.44. The van der Waals surface area contributed by atoms with Crippen LogP contribution in [-0.2, 0) is 4.79 Å². The Kier molecular flexibility index (Phi) is 2.74. The summed E-state index contributed by atoms with van der Waals surface area (Å²) in [4.78, 5) is 13.1. The Bertz CT molecular complexity index is 438. The molecule has 2 nitrogen and oxygen atoms in total. The van der Waals surface area contributed by atoms with Crippen molar-refractivity contribution in [2.24, 2.45) is 0 Å². The van der Waals surface area contributed by atoms with E-state index in [9.17, 15) is 4.79 Å². The molecule has 1 N–H and O–H groups in total. The lowest BCUT2D eigenvalue weighted by molar-refractivity contribution is -0.117. The second kappa shape index (κ2) is 3.81. The van der Waals surface area contributed by atoms with Crippen LogP contribution in [0.4, 0.5) is 5.69 Å². The first-order valence-corrected chi connectivity index (χ1v) is 6.37. The number of nitrogens with one attached hydrogen (secondary N) is 1. The van der Waals surface area contributed by atoms with Gasteiger partial charge in [-0.05, 0) is 31.4 Å². The first-order chi connectivity index (χ1) is 7.42. The molecule has 1 aliphatic heterocycles. The fraction of sp³-hybridized carbons (Fsp3) is 0.462. The molecule has 1 aliphatic rings. The van der Waals surface area contributed by atoms with E-state index in [-0.39, 0.29) is 10.7 Å². The highest BCUT2D eigenvalue weighted by atomic mass is 32.2. The number of benzene rings is 1. The molecule has 0 aliphatic carbocycles. The van der Waals surface area contributed by atoms with E-state index in [0.29, 0.717) is 5.92 Å². The van der Waals surface area contributed by atoms with Gasteiger partial charge in [-0.2, -0.15) is 0 Å². The van der Waals surface area contributed by atoms with Gasteiger partial charge in [-0.1, -0.05) is 26.0 Å². The summed E-state index contributed by atoms with van der Waals surface area (Å²) in [6, 6.07) is 6.23. The molecule has 0 atom stereocenters. The molecule has 0 unspecified atom stereocenters. The molecule has 0 saturated heterocycles. The van der Waals surface area contributed by atoms with Gasteiger partial charge in [0.1, 0.15) is 0 Å². The molecule has 0 spiro atoms. The van der Waals surface area contributed by atoms with Crippen molar-refractivity contribution in [1.82, 2.24) is 0 Å². The number of rotatable bonds is 1. The molecule has 2 rings (SSSR count). The SMILES string of the molecule is CC(C)c1cccc2c1NC(=O)C(C)(C)S2. The molecule has 0 aromatic heterocycles. The first kappa shape index (κ1) is 11.5. The van der Waals surface area contributed by atoms with Crippen LogP contribution in [-0.4, -0.2) is 10.7 Å². The highest BCUT2D eigenvalue weighted by Gasteiger charge is 2.35. The Morgan fingerprint density at radius 3 is 2.62 bits per heavy atom. The van der Waals surface area contributed by atoms with Crippen molar-refractivity contribution in [1.29, 1.82) is 0 Å². The molecule has 3 heteroatoms. The van der Waals surface area contributed by atoms with Crippen molar-refractivity contribution < 1.29 is 4.79 Å². The maximum atomic E-state index is 11.9. The molecule has 86 valence electrons. The predicted octanol–water partition coefficient (Wildman–Crippen LogP) is 3.63. The van der Waals surface area contributed by atoms with Gasteiger partial charge in [0, 0.05) is 4.90 Å².